The number of hydrogen-bond acceptors (Lipinski definition) is 3. The van der Waals surface area contributed by atoms with Gasteiger partial charge in [-0.3, -0.25) is 4.79 Å². The van der Waals surface area contributed by atoms with Gasteiger partial charge < -0.3 is 10.4 Å². The van der Waals surface area contributed by atoms with Gasteiger partial charge in [-0.2, -0.15) is 0 Å². The zero-order valence-electron chi connectivity index (χ0n) is 11.3. The number of fused-ring (bicyclic) bond motifs is 1. The van der Waals surface area contributed by atoms with E-state index in [4.69, 9.17) is 0 Å². The van der Waals surface area contributed by atoms with E-state index in [9.17, 15) is 9.90 Å². The molecule has 1 aromatic heterocycles. The van der Waals surface area contributed by atoms with E-state index in [1.807, 2.05) is 60.7 Å². The minimum Gasteiger partial charge on any atom is -0.394 e. The number of nitrogens with one attached hydrogen (secondary N) is 1. The Bertz CT molecular complexity index is 719. The third-order valence-electron chi connectivity index (χ3n) is 3.34. The maximum absolute atomic E-state index is 12.3. The molecule has 0 unspecified atom stereocenters. The molecule has 4 heteroatoms. The molecular formula is C17H15NO2S. The van der Waals surface area contributed by atoms with E-state index in [0.717, 1.165) is 15.6 Å². The minimum absolute atomic E-state index is 0.124. The summed E-state index contributed by atoms with van der Waals surface area (Å²) in [7, 11) is 0. The van der Waals surface area contributed by atoms with E-state index < -0.39 is 0 Å². The van der Waals surface area contributed by atoms with Crippen LogP contribution in [0.5, 0.6) is 0 Å². The lowest BCUT2D eigenvalue weighted by Gasteiger charge is -2.16. The lowest BCUT2D eigenvalue weighted by atomic mass is 10.1. The first kappa shape index (κ1) is 13.8. The molecule has 0 saturated heterocycles. The molecule has 0 aliphatic carbocycles. The number of rotatable bonds is 4. The second kappa shape index (κ2) is 6.08. The van der Waals surface area contributed by atoms with Crippen molar-refractivity contribution in [3.8, 4) is 0 Å². The number of carbonyl (C=O) groups is 1. The molecule has 21 heavy (non-hydrogen) atoms. The van der Waals surface area contributed by atoms with E-state index in [1.165, 1.54) is 11.3 Å². The second-order valence-corrected chi connectivity index (χ2v) is 5.85. The molecule has 0 radical (unpaired) electrons. The highest BCUT2D eigenvalue weighted by atomic mass is 32.1. The fourth-order valence-corrected chi connectivity index (χ4v) is 3.21. The van der Waals surface area contributed by atoms with Crippen LogP contribution in [-0.2, 0) is 0 Å². The van der Waals surface area contributed by atoms with E-state index in [2.05, 4.69) is 5.32 Å². The molecule has 0 fully saturated rings. The van der Waals surface area contributed by atoms with Crippen molar-refractivity contribution in [1.82, 2.24) is 5.32 Å². The molecule has 0 aliphatic heterocycles. The summed E-state index contributed by atoms with van der Waals surface area (Å²) in [6.07, 6.45) is 0. The monoisotopic (exact) mass is 297 g/mol. The first-order chi connectivity index (χ1) is 10.3. The average Bonchev–Trinajstić information content (AvgIpc) is 2.97. The first-order valence-electron chi connectivity index (χ1n) is 6.73. The van der Waals surface area contributed by atoms with Crippen molar-refractivity contribution in [1.29, 1.82) is 0 Å². The molecule has 106 valence electrons. The highest BCUT2D eigenvalue weighted by Crippen LogP contribution is 2.25. The van der Waals surface area contributed by atoms with Gasteiger partial charge in [0.25, 0.3) is 5.91 Å². The Hall–Kier alpha value is -2.17. The highest BCUT2D eigenvalue weighted by molar-refractivity contribution is 7.20. The smallest absolute Gasteiger partial charge is 0.261 e. The number of benzene rings is 2. The molecule has 3 aromatic rings. The Morgan fingerprint density at radius 2 is 1.81 bits per heavy atom. The Balaban J connectivity index is 1.81. The second-order valence-electron chi connectivity index (χ2n) is 4.77. The molecule has 3 nitrogen and oxygen atoms in total. The Labute approximate surface area is 126 Å². The van der Waals surface area contributed by atoms with Crippen molar-refractivity contribution in [2.24, 2.45) is 0 Å². The van der Waals surface area contributed by atoms with Crippen LogP contribution in [0.1, 0.15) is 21.3 Å². The van der Waals surface area contributed by atoms with Crippen LogP contribution in [0.15, 0.2) is 60.7 Å². The van der Waals surface area contributed by atoms with Gasteiger partial charge in [-0.15, -0.1) is 11.3 Å². The van der Waals surface area contributed by atoms with Crippen LogP contribution in [0, 0.1) is 0 Å². The molecule has 2 N–H and O–H groups in total. The molecule has 1 amide bonds. The van der Waals surface area contributed by atoms with E-state index in [0.29, 0.717) is 4.88 Å². The third kappa shape index (κ3) is 2.96. The van der Waals surface area contributed by atoms with Crippen LogP contribution in [0.2, 0.25) is 0 Å². The van der Waals surface area contributed by atoms with Gasteiger partial charge in [0.05, 0.1) is 17.5 Å². The van der Waals surface area contributed by atoms with Crippen molar-refractivity contribution in [2.45, 2.75) is 6.04 Å². The van der Waals surface area contributed by atoms with Gasteiger partial charge in [-0.1, -0.05) is 48.5 Å². The van der Waals surface area contributed by atoms with Gasteiger partial charge in [-0.05, 0) is 23.1 Å². The van der Waals surface area contributed by atoms with Gasteiger partial charge in [-0.25, -0.2) is 0 Å². The predicted octanol–water partition coefficient (Wildman–Crippen LogP) is 3.36. The molecule has 1 atom stereocenters. The summed E-state index contributed by atoms with van der Waals surface area (Å²) in [6.45, 7) is -0.124. The summed E-state index contributed by atoms with van der Waals surface area (Å²) < 4.78 is 1.09. The Kier molecular flexibility index (Phi) is 3.99. The number of aliphatic hydroxyl groups excluding tert-OH is 1. The number of amides is 1. The van der Waals surface area contributed by atoms with Crippen LogP contribution >= 0.6 is 11.3 Å². The lowest BCUT2D eigenvalue weighted by molar-refractivity contribution is 0.0920. The maximum atomic E-state index is 12.3. The van der Waals surface area contributed by atoms with Gasteiger partial charge in [0, 0.05) is 4.70 Å². The summed E-state index contributed by atoms with van der Waals surface area (Å²) in [4.78, 5) is 13.0. The number of hydrogen-bond donors (Lipinski definition) is 2. The van der Waals surface area contributed by atoms with Crippen molar-refractivity contribution in [3.63, 3.8) is 0 Å². The van der Waals surface area contributed by atoms with Crippen LogP contribution in [0.25, 0.3) is 10.1 Å². The topological polar surface area (TPSA) is 49.3 Å². The molecule has 1 heterocycles. The van der Waals surface area contributed by atoms with Crippen LogP contribution in [0.4, 0.5) is 0 Å². The van der Waals surface area contributed by atoms with Crippen LogP contribution in [0.3, 0.4) is 0 Å². The van der Waals surface area contributed by atoms with Crippen molar-refractivity contribution in [3.05, 3.63) is 71.1 Å². The van der Waals surface area contributed by atoms with E-state index in [-0.39, 0.29) is 18.6 Å². The largest absolute Gasteiger partial charge is 0.394 e. The SMILES string of the molecule is O=C(N[C@@H](CO)c1ccccc1)c1cc2ccccc2s1. The van der Waals surface area contributed by atoms with E-state index >= 15 is 0 Å². The maximum Gasteiger partial charge on any atom is 0.261 e. The summed E-state index contributed by atoms with van der Waals surface area (Å²) in [6, 6.07) is 18.9. The predicted molar refractivity (Wildman–Crippen MR) is 85.6 cm³/mol. The van der Waals surface area contributed by atoms with Crippen molar-refractivity contribution >= 4 is 27.3 Å². The molecule has 0 saturated carbocycles. The van der Waals surface area contributed by atoms with Gasteiger partial charge >= 0.3 is 0 Å². The summed E-state index contributed by atoms with van der Waals surface area (Å²) in [5, 5.41) is 13.4. The quantitative estimate of drug-likeness (QED) is 0.775. The summed E-state index contributed by atoms with van der Waals surface area (Å²) in [5.41, 5.74) is 0.898. The molecular weight excluding hydrogens is 282 g/mol. The van der Waals surface area contributed by atoms with Crippen LogP contribution < -0.4 is 5.32 Å². The molecule has 0 spiro atoms. The van der Waals surface area contributed by atoms with Crippen molar-refractivity contribution in [2.75, 3.05) is 6.61 Å². The average molecular weight is 297 g/mol. The highest BCUT2D eigenvalue weighted by Gasteiger charge is 2.16. The number of thiophene rings is 1. The summed E-state index contributed by atoms with van der Waals surface area (Å²) in [5.74, 6) is -0.154. The zero-order chi connectivity index (χ0) is 14.7. The van der Waals surface area contributed by atoms with Gasteiger partial charge in [0.15, 0.2) is 0 Å². The van der Waals surface area contributed by atoms with Crippen LogP contribution in [-0.4, -0.2) is 17.6 Å². The number of aliphatic hydroxyl groups is 1. The van der Waals surface area contributed by atoms with Gasteiger partial charge in [0.2, 0.25) is 0 Å². The summed E-state index contributed by atoms with van der Waals surface area (Å²) >= 11 is 1.46. The Morgan fingerprint density at radius 3 is 2.52 bits per heavy atom. The molecule has 0 aliphatic rings. The molecule has 2 aromatic carbocycles. The zero-order valence-corrected chi connectivity index (χ0v) is 12.1. The number of carbonyl (C=O) groups excluding carboxylic acids is 1. The lowest BCUT2D eigenvalue weighted by Crippen LogP contribution is -2.30. The minimum atomic E-state index is -0.385. The van der Waals surface area contributed by atoms with Gasteiger partial charge in [0.1, 0.15) is 0 Å². The van der Waals surface area contributed by atoms with E-state index in [1.54, 1.807) is 0 Å². The normalized spacial score (nSPS) is 12.2. The fraction of sp³-hybridized carbons (Fsp3) is 0.118. The molecule has 0 bridgehead atoms. The third-order valence-corrected chi connectivity index (χ3v) is 4.45. The first-order valence-corrected chi connectivity index (χ1v) is 7.55. The fourth-order valence-electron chi connectivity index (χ4n) is 2.24. The van der Waals surface area contributed by atoms with Crippen molar-refractivity contribution < 1.29 is 9.90 Å². The molecule has 3 rings (SSSR count). The standard InChI is InChI=1S/C17H15NO2S/c19-11-14(12-6-2-1-3-7-12)18-17(20)16-10-13-8-4-5-9-15(13)21-16/h1-10,14,19H,11H2,(H,18,20)/t14-/m0/s1. The Morgan fingerprint density at radius 1 is 1.10 bits per heavy atom.